The summed E-state index contributed by atoms with van der Waals surface area (Å²) in [4.78, 5) is 21.8. The molecule has 3 amide bonds. The van der Waals surface area contributed by atoms with Gasteiger partial charge in [0, 0.05) is 0 Å². The van der Waals surface area contributed by atoms with Gasteiger partial charge in [-0.3, -0.25) is 14.7 Å². The molecule has 0 bridgehead atoms. The van der Waals surface area contributed by atoms with Crippen LogP contribution in [0, 0.1) is 0 Å². The van der Waals surface area contributed by atoms with Crippen molar-refractivity contribution in [3.8, 4) is 0 Å². The molecule has 0 saturated carbocycles. The molecule has 0 aliphatic carbocycles. The number of rotatable bonds is 1. The van der Waals surface area contributed by atoms with Crippen LogP contribution in [0.15, 0.2) is 0 Å². The van der Waals surface area contributed by atoms with Gasteiger partial charge < -0.3 is 0 Å². The van der Waals surface area contributed by atoms with E-state index >= 15 is 0 Å². The van der Waals surface area contributed by atoms with Gasteiger partial charge in [0.2, 0.25) is 0 Å². The van der Waals surface area contributed by atoms with E-state index in [1.165, 1.54) is 0 Å². The first-order valence-corrected chi connectivity index (χ1v) is 5.66. The Morgan fingerprint density at radius 1 is 1.38 bits per heavy atom. The Morgan fingerprint density at radius 2 is 1.85 bits per heavy atom. The molecule has 0 aromatic heterocycles. The van der Waals surface area contributed by atoms with Crippen molar-refractivity contribution >= 4 is 54.1 Å². The zero-order valence-corrected chi connectivity index (χ0v) is 9.68. The van der Waals surface area contributed by atoms with Gasteiger partial charge in [-0.1, -0.05) is 0 Å². The number of urea groups is 1. The fourth-order valence-electron chi connectivity index (χ4n) is 0.693. The van der Waals surface area contributed by atoms with Gasteiger partial charge >= 0.3 is 16.3 Å². The predicted molar refractivity (Wildman–Crippen MR) is 47.5 cm³/mol. The van der Waals surface area contributed by atoms with Gasteiger partial charge in [0.1, 0.15) is 0 Å². The molecule has 1 aliphatic rings. The molecule has 1 fully saturated rings. The van der Waals surface area contributed by atoms with Crippen LogP contribution < -0.4 is 5.32 Å². The lowest BCUT2D eigenvalue weighted by Gasteiger charge is -2.19. The average Bonchev–Trinajstić information content (AvgIpc) is 1.99. The minimum absolute atomic E-state index is 0.0671. The third-order valence-electron chi connectivity index (χ3n) is 1.16. The smallest absolute Gasteiger partial charge is 0.273 e. The summed E-state index contributed by atoms with van der Waals surface area (Å²) >= 11 is 5.24. The van der Waals surface area contributed by atoms with Crippen molar-refractivity contribution in [3.63, 3.8) is 0 Å². The van der Waals surface area contributed by atoms with Crippen LogP contribution in [0.5, 0.6) is 0 Å². The summed E-state index contributed by atoms with van der Waals surface area (Å²) in [5.74, 6) is -0.935. The maximum atomic E-state index is 10.9. The van der Waals surface area contributed by atoms with Gasteiger partial charge in [-0.25, -0.2) is 4.79 Å². The van der Waals surface area contributed by atoms with Crippen LogP contribution in [0.3, 0.4) is 0 Å². The van der Waals surface area contributed by atoms with E-state index in [2.05, 4.69) is 31.9 Å². The quantitative estimate of drug-likeness (QED) is 0.298. The molecule has 13 heavy (non-hydrogen) atoms. The number of nitrogens with zero attached hydrogens (tertiary/aromatic N) is 1. The highest BCUT2D eigenvalue weighted by atomic mass is 79.9. The van der Waals surface area contributed by atoms with Gasteiger partial charge in [0.25, 0.3) is 9.26 Å². The average molecular weight is 338 g/mol. The summed E-state index contributed by atoms with van der Waals surface area (Å²) in [5, 5.41) is 1.68. The number of hydrogen-bond acceptors (Lipinski definition) is 4. The van der Waals surface area contributed by atoms with Gasteiger partial charge in [-0.05, 0) is 31.9 Å². The highest BCUT2D eigenvalue weighted by molar-refractivity contribution is 9.26. The summed E-state index contributed by atoms with van der Waals surface area (Å²) in [5.41, 5.74) is 0. The van der Waals surface area contributed by atoms with Crippen molar-refractivity contribution in [2.24, 2.45) is 0 Å². The van der Waals surface area contributed by atoms with E-state index in [9.17, 15) is 18.0 Å². The lowest BCUT2D eigenvalue weighted by atomic mass is 10.6. The van der Waals surface area contributed by atoms with Gasteiger partial charge in [-0.2, -0.15) is 12.7 Å². The lowest BCUT2D eigenvalue weighted by Crippen LogP contribution is -2.42. The normalized spacial score (nSPS) is 21.9. The van der Waals surface area contributed by atoms with Crippen LogP contribution in [-0.4, -0.2) is 32.6 Å². The molecule has 10 heteroatoms. The standard InChI is InChI=1S/C3H2Br2N2O5S/c4-3(5)1(8)6-2(9)7(3)13(10,11)12/h(H,6,8,9)(H,10,11,12). The molecular weight excluding hydrogens is 336 g/mol. The van der Waals surface area contributed by atoms with E-state index in [0.29, 0.717) is 0 Å². The second-order valence-corrected chi connectivity index (χ2v) is 6.66. The van der Waals surface area contributed by atoms with Crippen molar-refractivity contribution in [2.45, 2.75) is 3.36 Å². The highest BCUT2D eigenvalue weighted by Gasteiger charge is 2.55. The molecular formula is C3H2Br2N2O5S. The number of hydrogen-bond donors (Lipinski definition) is 2. The maximum Gasteiger partial charge on any atom is 0.366 e. The summed E-state index contributed by atoms with van der Waals surface area (Å²) in [6, 6.07) is -1.23. The monoisotopic (exact) mass is 336 g/mol. The third-order valence-corrected chi connectivity index (χ3v) is 3.96. The largest absolute Gasteiger partial charge is 0.366 e. The Morgan fingerprint density at radius 3 is 2.00 bits per heavy atom. The van der Waals surface area contributed by atoms with E-state index in [0.717, 1.165) is 0 Å². The van der Waals surface area contributed by atoms with Gasteiger partial charge in [0.15, 0.2) is 0 Å². The topological polar surface area (TPSA) is 104 Å². The van der Waals surface area contributed by atoms with Crippen LogP contribution in [0.25, 0.3) is 0 Å². The van der Waals surface area contributed by atoms with Crippen LogP contribution in [-0.2, 0) is 15.1 Å². The van der Waals surface area contributed by atoms with Crippen LogP contribution >= 0.6 is 31.9 Å². The maximum absolute atomic E-state index is 10.9. The molecule has 2 N–H and O–H groups in total. The molecule has 7 nitrogen and oxygen atoms in total. The Kier molecular flexibility index (Phi) is 2.43. The number of carbonyl (C=O) groups excluding carboxylic acids is 2. The summed E-state index contributed by atoms with van der Waals surface area (Å²) in [6.07, 6.45) is 0. The first-order chi connectivity index (χ1) is 5.67. The summed E-state index contributed by atoms with van der Waals surface area (Å²) < 4.78 is 27.8. The number of amides is 3. The Hall–Kier alpha value is -0.190. The molecule has 1 saturated heterocycles. The molecule has 74 valence electrons. The fraction of sp³-hybridized carbons (Fsp3) is 0.333. The second kappa shape index (κ2) is 2.90. The molecule has 0 aromatic rings. The van der Waals surface area contributed by atoms with Crippen molar-refractivity contribution in [2.75, 3.05) is 0 Å². The number of halogens is 2. The molecule has 0 unspecified atom stereocenters. The fourth-order valence-corrected chi connectivity index (χ4v) is 2.94. The number of carbonyl (C=O) groups is 2. The number of nitrogens with one attached hydrogen (secondary N) is 1. The predicted octanol–water partition coefficient (Wildman–Crippen LogP) is -0.215. The number of alkyl halides is 2. The first-order valence-electron chi connectivity index (χ1n) is 2.68. The van der Waals surface area contributed by atoms with Crippen molar-refractivity contribution < 1.29 is 22.6 Å². The van der Waals surface area contributed by atoms with E-state index in [1.54, 1.807) is 5.32 Å². The molecule has 1 rings (SSSR count). The highest BCUT2D eigenvalue weighted by Crippen LogP contribution is 2.36. The van der Waals surface area contributed by atoms with Gasteiger partial charge in [0.05, 0.1) is 0 Å². The molecule has 0 radical (unpaired) electrons. The second-order valence-electron chi connectivity index (χ2n) is 2.04. The van der Waals surface area contributed by atoms with Crippen LogP contribution in [0.2, 0.25) is 0 Å². The number of imide groups is 1. The molecule has 1 aliphatic heterocycles. The molecule has 0 atom stereocenters. The van der Waals surface area contributed by atoms with E-state index in [1.807, 2.05) is 0 Å². The molecule has 0 aromatic carbocycles. The van der Waals surface area contributed by atoms with Gasteiger partial charge in [-0.15, -0.1) is 0 Å². The Labute approximate surface area is 89.6 Å². The van der Waals surface area contributed by atoms with E-state index in [-0.39, 0.29) is 4.31 Å². The van der Waals surface area contributed by atoms with E-state index < -0.39 is 25.6 Å². The van der Waals surface area contributed by atoms with Crippen molar-refractivity contribution in [1.29, 1.82) is 0 Å². The van der Waals surface area contributed by atoms with Crippen molar-refractivity contribution in [3.05, 3.63) is 0 Å². The lowest BCUT2D eigenvalue weighted by molar-refractivity contribution is -0.119. The van der Waals surface area contributed by atoms with E-state index in [4.69, 9.17) is 4.55 Å². The van der Waals surface area contributed by atoms with Crippen LogP contribution in [0.4, 0.5) is 4.79 Å². The summed E-state index contributed by atoms with van der Waals surface area (Å²) in [7, 11) is -4.79. The summed E-state index contributed by atoms with van der Waals surface area (Å²) in [6.45, 7) is 0. The van der Waals surface area contributed by atoms with Crippen molar-refractivity contribution in [1.82, 2.24) is 9.62 Å². The Balaban J connectivity index is 3.26. The zero-order chi connectivity index (χ0) is 10.4. The minimum Gasteiger partial charge on any atom is -0.273 e. The molecule has 1 heterocycles. The zero-order valence-electron chi connectivity index (χ0n) is 5.69. The Bertz CT molecular complexity index is 375. The third kappa shape index (κ3) is 1.71. The van der Waals surface area contributed by atoms with Crippen LogP contribution in [0.1, 0.15) is 0 Å². The molecule has 0 spiro atoms. The SMILES string of the molecule is O=C1NC(=O)C(Br)(Br)N1S(=O)(=O)O. The first kappa shape index (κ1) is 10.9. The minimum atomic E-state index is -4.79.